The molecule has 0 spiro atoms. The lowest BCUT2D eigenvalue weighted by Gasteiger charge is -2.14. The van der Waals surface area contributed by atoms with Crippen molar-refractivity contribution in [2.24, 2.45) is 11.7 Å². The highest BCUT2D eigenvalue weighted by molar-refractivity contribution is 5.91. The van der Waals surface area contributed by atoms with Crippen molar-refractivity contribution in [2.45, 2.75) is 39.5 Å². The molecule has 0 aliphatic rings. The standard InChI is InChI=1S/C16H23N3O/c1-3-5-8-14(4-2)16(20)19-15-12-13(7-6-10-17)9-11-18-15/h9,11-12,14H,3-5,8,10,17H2,1-2H3,(H,18,19,20). The van der Waals surface area contributed by atoms with E-state index in [1.54, 1.807) is 18.3 Å². The third-order valence-corrected chi connectivity index (χ3v) is 3.12. The van der Waals surface area contributed by atoms with Gasteiger partial charge in [-0.25, -0.2) is 4.98 Å². The van der Waals surface area contributed by atoms with Crippen LogP contribution in [0.25, 0.3) is 0 Å². The number of amides is 1. The summed E-state index contributed by atoms with van der Waals surface area (Å²) in [6, 6.07) is 3.57. The van der Waals surface area contributed by atoms with Gasteiger partial charge in [-0.2, -0.15) is 0 Å². The third-order valence-electron chi connectivity index (χ3n) is 3.12. The van der Waals surface area contributed by atoms with Gasteiger partial charge < -0.3 is 11.1 Å². The van der Waals surface area contributed by atoms with Crippen molar-refractivity contribution >= 4 is 11.7 Å². The van der Waals surface area contributed by atoms with E-state index in [0.717, 1.165) is 31.2 Å². The molecule has 1 aromatic rings. The number of pyridine rings is 1. The fourth-order valence-corrected chi connectivity index (χ4v) is 1.93. The Labute approximate surface area is 121 Å². The molecule has 1 aromatic heterocycles. The molecule has 0 radical (unpaired) electrons. The fourth-order valence-electron chi connectivity index (χ4n) is 1.93. The van der Waals surface area contributed by atoms with Gasteiger partial charge in [0.15, 0.2) is 0 Å². The van der Waals surface area contributed by atoms with Crippen molar-refractivity contribution in [3.05, 3.63) is 23.9 Å². The second-order valence-electron chi connectivity index (χ2n) is 4.67. The van der Waals surface area contributed by atoms with Gasteiger partial charge in [0.25, 0.3) is 0 Å². The van der Waals surface area contributed by atoms with Crippen molar-refractivity contribution in [2.75, 3.05) is 11.9 Å². The van der Waals surface area contributed by atoms with E-state index < -0.39 is 0 Å². The molecule has 0 aliphatic carbocycles. The van der Waals surface area contributed by atoms with Crippen LogP contribution in [-0.2, 0) is 4.79 Å². The highest BCUT2D eigenvalue weighted by atomic mass is 16.1. The van der Waals surface area contributed by atoms with Crippen molar-refractivity contribution in [3.63, 3.8) is 0 Å². The lowest BCUT2D eigenvalue weighted by molar-refractivity contribution is -0.120. The second kappa shape index (κ2) is 9.11. The molecule has 0 aliphatic heterocycles. The summed E-state index contributed by atoms with van der Waals surface area (Å²) in [5, 5.41) is 2.87. The highest BCUT2D eigenvalue weighted by Crippen LogP contribution is 2.15. The normalized spacial score (nSPS) is 11.3. The molecule has 0 fully saturated rings. The lowest BCUT2D eigenvalue weighted by Crippen LogP contribution is -2.22. The molecule has 1 amide bonds. The molecule has 1 rings (SSSR count). The van der Waals surface area contributed by atoms with Gasteiger partial charge in [-0.15, -0.1) is 0 Å². The van der Waals surface area contributed by atoms with Crippen LogP contribution in [0.5, 0.6) is 0 Å². The maximum atomic E-state index is 12.2. The van der Waals surface area contributed by atoms with Crippen LogP contribution in [0.4, 0.5) is 5.82 Å². The zero-order valence-electron chi connectivity index (χ0n) is 12.3. The summed E-state index contributed by atoms with van der Waals surface area (Å²) in [5.41, 5.74) is 6.15. The van der Waals surface area contributed by atoms with E-state index in [0.29, 0.717) is 12.4 Å². The van der Waals surface area contributed by atoms with Gasteiger partial charge >= 0.3 is 0 Å². The summed E-state index contributed by atoms with van der Waals surface area (Å²) in [5.74, 6) is 6.35. The molecular formula is C16H23N3O. The smallest absolute Gasteiger partial charge is 0.228 e. The van der Waals surface area contributed by atoms with Crippen molar-refractivity contribution < 1.29 is 4.79 Å². The van der Waals surface area contributed by atoms with E-state index in [4.69, 9.17) is 5.73 Å². The summed E-state index contributed by atoms with van der Waals surface area (Å²) in [6.07, 6.45) is 5.58. The Morgan fingerprint density at radius 1 is 1.50 bits per heavy atom. The Bertz CT molecular complexity index is 488. The van der Waals surface area contributed by atoms with Crippen molar-refractivity contribution in [1.82, 2.24) is 4.98 Å². The van der Waals surface area contributed by atoms with Gasteiger partial charge in [0.1, 0.15) is 5.82 Å². The molecule has 0 aromatic carbocycles. The number of anilines is 1. The first-order chi connectivity index (χ1) is 9.71. The summed E-state index contributed by atoms with van der Waals surface area (Å²) in [6.45, 7) is 4.49. The van der Waals surface area contributed by atoms with Crippen LogP contribution in [0.15, 0.2) is 18.3 Å². The summed E-state index contributed by atoms with van der Waals surface area (Å²) in [4.78, 5) is 16.3. The van der Waals surface area contributed by atoms with Crippen molar-refractivity contribution in [3.8, 4) is 11.8 Å². The van der Waals surface area contributed by atoms with Gasteiger partial charge in [0.2, 0.25) is 5.91 Å². The molecule has 3 N–H and O–H groups in total. The molecule has 4 heteroatoms. The molecule has 20 heavy (non-hydrogen) atoms. The first kappa shape index (κ1) is 16.2. The molecule has 1 atom stereocenters. The molecular weight excluding hydrogens is 250 g/mol. The van der Waals surface area contributed by atoms with Gasteiger partial charge in [-0.05, 0) is 25.0 Å². The molecule has 0 bridgehead atoms. The van der Waals surface area contributed by atoms with E-state index in [9.17, 15) is 4.79 Å². The Morgan fingerprint density at radius 3 is 2.95 bits per heavy atom. The van der Waals surface area contributed by atoms with Crippen LogP contribution < -0.4 is 11.1 Å². The van der Waals surface area contributed by atoms with E-state index in [1.165, 1.54) is 0 Å². The number of nitrogens with two attached hydrogens (primary N) is 1. The molecule has 1 unspecified atom stereocenters. The van der Waals surface area contributed by atoms with Gasteiger partial charge in [0, 0.05) is 17.7 Å². The molecule has 108 valence electrons. The van der Waals surface area contributed by atoms with Crippen LogP contribution in [0.1, 0.15) is 45.1 Å². The number of carbonyl (C=O) groups is 1. The monoisotopic (exact) mass is 273 g/mol. The van der Waals surface area contributed by atoms with Gasteiger partial charge in [0.05, 0.1) is 6.54 Å². The Morgan fingerprint density at radius 2 is 2.30 bits per heavy atom. The minimum atomic E-state index is 0.0392. The minimum Gasteiger partial charge on any atom is -0.320 e. The zero-order valence-corrected chi connectivity index (χ0v) is 12.3. The Kier molecular flexibility index (Phi) is 7.38. The molecule has 0 saturated carbocycles. The SMILES string of the molecule is CCCCC(CC)C(=O)Nc1cc(C#CCN)ccn1. The third kappa shape index (κ3) is 5.41. The minimum absolute atomic E-state index is 0.0392. The average molecular weight is 273 g/mol. The molecule has 1 heterocycles. The topological polar surface area (TPSA) is 68.0 Å². The Hall–Kier alpha value is -1.86. The van der Waals surface area contributed by atoms with E-state index >= 15 is 0 Å². The molecule has 0 saturated heterocycles. The van der Waals surface area contributed by atoms with Gasteiger partial charge in [-0.1, -0.05) is 38.5 Å². The van der Waals surface area contributed by atoms with Crippen molar-refractivity contribution in [1.29, 1.82) is 0 Å². The van der Waals surface area contributed by atoms with E-state index in [-0.39, 0.29) is 11.8 Å². The lowest BCUT2D eigenvalue weighted by atomic mass is 9.98. The van der Waals surface area contributed by atoms with Gasteiger partial charge in [-0.3, -0.25) is 4.79 Å². The summed E-state index contributed by atoms with van der Waals surface area (Å²) in [7, 11) is 0. The number of hydrogen-bond donors (Lipinski definition) is 2. The van der Waals surface area contributed by atoms with E-state index in [1.807, 2.05) is 6.92 Å². The first-order valence-corrected chi connectivity index (χ1v) is 7.17. The number of rotatable bonds is 6. The predicted octanol–water partition coefficient (Wildman–Crippen LogP) is 2.55. The molecule has 4 nitrogen and oxygen atoms in total. The van der Waals surface area contributed by atoms with Crippen LogP contribution in [0.2, 0.25) is 0 Å². The fraction of sp³-hybridized carbons (Fsp3) is 0.500. The van der Waals surface area contributed by atoms with Crippen LogP contribution in [-0.4, -0.2) is 17.4 Å². The number of aromatic nitrogens is 1. The number of nitrogens with one attached hydrogen (secondary N) is 1. The largest absolute Gasteiger partial charge is 0.320 e. The number of carbonyl (C=O) groups excluding carboxylic acids is 1. The van der Waals surface area contributed by atoms with Crippen LogP contribution in [0.3, 0.4) is 0 Å². The summed E-state index contributed by atoms with van der Waals surface area (Å²) < 4.78 is 0. The highest BCUT2D eigenvalue weighted by Gasteiger charge is 2.16. The summed E-state index contributed by atoms with van der Waals surface area (Å²) >= 11 is 0. The zero-order chi connectivity index (χ0) is 14.8. The second-order valence-corrected chi connectivity index (χ2v) is 4.67. The van der Waals surface area contributed by atoms with Crippen LogP contribution in [0, 0.1) is 17.8 Å². The first-order valence-electron chi connectivity index (χ1n) is 7.17. The van der Waals surface area contributed by atoms with Crippen LogP contribution >= 0.6 is 0 Å². The van der Waals surface area contributed by atoms with E-state index in [2.05, 4.69) is 29.1 Å². The average Bonchev–Trinajstić information content (AvgIpc) is 2.46. The Balaban J connectivity index is 2.69. The quantitative estimate of drug-likeness (QED) is 0.783. The number of nitrogens with zero attached hydrogens (tertiary/aromatic N) is 1. The predicted molar refractivity (Wildman–Crippen MR) is 82.1 cm³/mol. The maximum Gasteiger partial charge on any atom is 0.228 e. The number of unbranched alkanes of at least 4 members (excludes halogenated alkanes) is 1. The number of hydrogen-bond acceptors (Lipinski definition) is 3. The maximum absolute atomic E-state index is 12.2.